The Morgan fingerprint density at radius 1 is 1.05 bits per heavy atom. The van der Waals surface area contributed by atoms with E-state index >= 15 is 0 Å². The summed E-state index contributed by atoms with van der Waals surface area (Å²) in [6.45, 7) is 4.28. The number of likely N-dealkylation sites (N-methyl/N-ethyl adjacent to an activating group) is 1. The van der Waals surface area contributed by atoms with Gasteiger partial charge in [0.15, 0.2) is 0 Å². The zero-order chi connectivity index (χ0) is 27.9. The zero-order valence-electron chi connectivity index (χ0n) is 22.3. The van der Waals surface area contributed by atoms with Gasteiger partial charge in [0.25, 0.3) is 0 Å². The van der Waals surface area contributed by atoms with Crippen LogP contribution >= 0.6 is 0 Å². The molecule has 1 aliphatic heterocycles. The number of para-hydroxylation sites is 1. The maximum atomic E-state index is 13.5. The molecule has 1 aliphatic rings. The van der Waals surface area contributed by atoms with Gasteiger partial charge in [-0.2, -0.15) is 5.10 Å². The Morgan fingerprint density at radius 3 is 2.58 bits per heavy atom. The molecule has 0 bridgehead atoms. The number of fused-ring (bicyclic) bond motifs is 1. The highest BCUT2D eigenvalue weighted by molar-refractivity contribution is 6.12. The van der Waals surface area contributed by atoms with Crippen LogP contribution in [0.2, 0.25) is 0 Å². The standard InChI is InChI=1S/C30H28N6O4/c1-19-14-27(40-22-6-4-3-5-7-22)32-18-26(19)35-29(31)23(17-33-35)28(37)25-16-21-15-20(8-9-24(21)34-25)30(38)36(2)10-12-39-13-11-36/h3-9,14-18H,10-13H2,1-2H3,(H2-,31,33,34,37,38)/p+1. The van der Waals surface area contributed by atoms with Gasteiger partial charge in [-0.05, 0) is 48.9 Å². The van der Waals surface area contributed by atoms with Crippen LogP contribution in [0.3, 0.4) is 0 Å². The highest BCUT2D eigenvalue weighted by Gasteiger charge is 2.35. The summed E-state index contributed by atoms with van der Waals surface area (Å²) in [7, 11) is 1.93. The van der Waals surface area contributed by atoms with E-state index in [4.69, 9.17) is 15.2 Å². The fourth-order valence-electron chi connectivity index (χ4n) is 4.93. The maximum Gasteiger partial charge on any atom is 0.345 e. The third-order valence-electron chi connectivity index (χ3n) is 7.36. The molecule has 202 valence electrons. The van der Waals surface area contributed by atoms with Crippen molar-refractivity contribution in [3.63, 3.8) is 0 Å². The van der Waals surface area contributed by atoms with Crippen molar-refractivity contribution in [3.05, 3.63) is 95.4 Å². The predicted octanol–water partition coefficient (Wildman–Crippen LogP) is 4.28. The minimum atomic E-state index is -0.297. The van der Waals surface area contributed by atoms with E-state index in [2.05, 4.69) is 15.1 Å². The molecule has 0 atom stereocenters. The number of nitrogens with one attached hydrogen (secondary N) is 1. The van der Waals surface area contributed by atoms with E-state index < -0.39 is 0 Å². The number of benzene rings is 2. The Hall–Kier alpha value is -4.80. The number of nitrogens with two attached hydrogens (primary N) is 1. The quantitative estimate of drug-likeness (QED) is 0.245. The lowest BCUT2D eigenvalue weighted by atomic mass is 10.1. The molecule has 1 fully saturated rings. The first-order valence-electron chi connectivity index (χ1n) is 13.0. The molecule has 0 aliphatic carbocycles. The molecular formula is C30H29N6O4+. The highest BCUT2D eigenvalue weighted by Crippen LogP contribution is 2.27. The number of carbonyl (C=O) groups is 2. The summed E-state index contributed by atoms with van der Waals surface area (Å²) in [5.41, 5.74) is 9.85. The van der Waals surface area contributed by atoms with Crippen LogP contribution in [-0.4, -0.2) is 69.3 Å². The molecule has 3 aromatic heterocycles. The zero-order valence-corrected chi connectivity index (χ0v) is 22.3. The number of hydrogen-bond donors (Lipinski definition) is 2. The third-order valence-corrected chi connectivity index (χ3v) is 7.36. The minimum Gasteiger partial charge on any atom is -0.439 e. The van der Waals surface area contributed by atoms with Gasteiger partial charge in [0.1, 0.15) is 24.7 Å². The Bertz CT molecular complexity index is 1730. The maximum absolute atomic E-state index is 13.5. The van der Waals surface area contributed by atoms with Crippen LogP contribution in [0.15, 0.2) is 73.1 Å². The van der Waals surface area contributed by atoms with E-state index in [1.807, 2.05) is 56.4 Å². The summed E-state index contributed by atoms with van der Waals surface area (Å²) in [6.07, 6.45) is 3.07. The lowest BCUT2D eigenvalue weighted by Gasteiger charge is -2.34. The summed E-state index contributed by atoms with van der Waals surface area (Å²) in [6, 6.07) is 18.4. The lowest BCUT2D eigenvalue weighted by molar-refractivity contribution is -0.837. The molecule has 40 heavy (non-hydrogen) atoms. The van der Waals surface area contributed by atoms with E-state index in [1.165, 1.54) is 10.9 Å². The van der Waals surface area contributed by atoms with Gasteiger partial charge < -0.3 is 20.2 Å². The number of nitrogens with zero attached hydrogens (tertiary/aromatic N) is 4. The van der Waals surface area contributed by atoms with Crippen molar-refractivity contribution in [2.24, 2.45) is 0 Å². The Balaban J connectivity index is 1.25. The second-order valence-corrected chi connectivity index (χ2v) is 10.2. The first-order chi connectivity index (χ1) is 19.3. The number of morpholine rings is 1. The highest BCUT2D eigenvalue weighted by atomic mass is 16.5. The fraction of sp³-hybridized carbons (Fsp3) is 0.200. The Kier molecular flexibility index (Phi) is 6.41. The predicted molar refractivity (Wildman–Crippen MR) is 150 cm³/mol. The van der Waals surface area contributed by atoms with Crippen LogP contribution in [-0.2, 0) is 4.74 Å². The number of ether oxygens (including phenoxy) is 2. The van der Waals surface area contributed by atoms with E-state index in [1.54, 1.807) is 24.4 Å². The van der Waals surface area contributed by atoms with Crippen LogP contribution < -0.4 is 10.5 Å². The van der Waals surface area contributed by atoms with Gasteiger partial charge >= 0.3 is 5.91 Å². The molecular weight excluding hydrogens is 508 g/mol. The summed E-state index contributed by atoms with van der Waals surface area (Å²) < 4.78 is 13.0. The average Bonchev–Trinajstić information content (AvgIpc) is 3.56. The van der Waals surface area contributed by atoms with Crippen molar-refractivity contribution in [3.8, 4) is 17.3 Å². The number of pyridine rings is 1. The Morgan fingerprint density at radius 2 is 1.82 bits per heavy atom. The van der Waals surface area contributed by atoms with Gasteiger partial charge in [0.2, 0.25) is 11.7 Å². The van der Waals surface area contributed by atoms with Crippen LogP contribution in [0, 0.1) is 6.92 Å². The summed E-state index contributed by atoms with van der Waals surface area (Å²) >= 11 is 0. The van der Waals surface area contributed by atoms with Crippen molar-refractivity contribution in [1.82, 2.24) is 19.7 Å². The fourth-order valence-corrected chi connectivity index (χ4v) is 4.93. The third kappa shape index (κ3) is 4.63. The van der Waals surface area contributed by atoms with E-state index in [0.29, 0.717) is 59.4 Å². The van der Waals surface area contributed by atoms with Gasteiger partial charge in [-0.3, -0.25) is 9.28 Å². The van der Waals surface area contributed by atoms with Crippen LogP contribution in [0.4, 0.5) is 5.82 Å². The summed E-state index contributed by atoms with van der Waals surface area (Å²) in [5.74, 6) is 1.06. The number of quaternary nitrogens is 1. The van der Waals surface area contributed by atoms with Crippen molar-refractivity contribution in [2.75, 3.05) is 39.1 Å². The smallest absolute Gasteiger partial charge is 0.345 e. The molecule has 1 amide bonds. The first kappa shape index (κ1) is 25.5. The van der Waals surface area contributed by atoms with Crippen LogP contribution in [0.25, 0.3) is 16.6 Å². The molecule has 2 aromatic carbocycles. The molecule has 0 saturated carbocycles. The molecule has 0 unspecified atom stereocenters. The molecule has 0 spiro atoms. The molecule has 3 N–H and O–H groups in total. The second kappa shape index (κ2) is 10.1. The second-order valence-electron chi connectivity index (χ2n) is 10.2. The summed E-state index contributed by atoms with van der Waals surface area (Å²) in [4.78, 5) is 34.3. The lowest BCUT2D eigenvalue weighted by Crippen LogP contribution is -2.55. The van der Waals surface area contributed by atoms with Crippen LogP contribution in [0.1, 0.15) is 32.0 Å². The van der Waals surface area contributed by atoms with E-state index in [9.17, 15) is 9.59 Å². The Labute approximate surface area is 230 Å². The van der Waals surface area contributed by atoms with Gasteiger partial charge in [-0.15, -0.1) is 0 Å². The molecule has 0 radical (unpaired) electrons. The number of H-pyrrole nitrogens is 1. The first-order valence-corrected chi connectivity index (χ1v) is 13.0. The van der Waals surface area contributed by atoms with Gasteiger partial charge in [0.05, 0.1) is 55.2 Å². The van der Waals surface area contributed by atoms with Gasteiger partial charge in [-0.25, -0.2) is 14.5 Å². The SMILES string of the molecule is Cc1cc(Oc2ccccc2)ncc1-n1ncc(C(=O)c2cc3cc(C(=O)[N+]4(C)CCOCC4)ccc3[nH]2)c1N. The minimum absolute atomic E-state index is 0.0361. The number of rotatable bonds is 6. The van der Waals surface area contributed by atoms with Crippen molar-refractivity contribution < 1.29 is 23.5 Å². The number of nitrogen functional groups attached to an aromatic ring is 1. The monoisotopic (exact) mass is 537 g/mol. The van der Waals surface area contributed by atoms with Gasteiger partial charge in [0, 0.05) is 17.0 Å². The molecule has 1 saturated heterocycles. The van der Waals surface area contributed by atoms with Crippen molar-refractivity contribution in [1.29, 1.82) is 0 Å². The number of carbonyl (C=O) groups excluding carboxylic acids is 2. The number of aromatic amines is 1. The largest absolute Gasteiger partial charge is 0.439 e. The molecule has 10 heteroatoms. The number of anilines is 1. The van der Waals surface area contributed by atoms with Gasteiger partial charge in [-0.1, -0.05) is 18.2 Å². The molecule has 5 aromatic rings. The van der Waals surface area contributed by atoms with Crippen molar-refractivity contribution in [2.45, 2.75) is 6.92 Å². The normalized spacial score (nSPS) is 14.8. The number of amides is 1. The van der Waals surface area contributed by atoms with E-state index in [0.717, 1.165) is 16.5 Å². The molecule has 4 heterocycles. The number of ketones is 1. The van der Waals surface area contributed by atoms with Crippen LogP contribution in [0.5, 0.6) is 11.6 Å². The number of aryl methyl sites for hydroxylation is 1. The average molecular weight is 538 g/mol. The van der Waals surface area contributed by atoms with Crippen molar-refractivity contribution >= 4 is 28.4 Å². The number of hydrogen-bond acceptors (Lipinski definition) is 7. The molecule has 6 rings (SSSR count). The molecule has 10 nitrogen and oxygen atoms in total. The summed E-state index contributed by atoms with van der Waals surface area (Å²) in [5, 5.41) is 5.15. The number of aromatic nitrogens is 4. The van der Waals surface area contributed by atoms with E-state index in [-0.39, 0.29) is 23.1 Å². The topological polar surface area (TPSA) is 125 Å².